The van der Waals surface area contributed by atoms with Crippen molar-refractivity contribution in [2.75, 3.05) is 0 Å². The summed E-state index contributed by atoms with van der Waals surface area (Å²) in [6.07, 6.45) is 4.00. The van der Waals surface area contributed by atoms with Gasteiger partial charge in [-0.05, 0) is 19.8 Å². The van der Waals surface area contributed by atoms with Crippen molar-refractivity contribution in [3.05, 3.63) is 11.9 Å². The first-order chi connectivity index (χ1) is 7.29. The number of ketones is 1. The fourth-order valence-electron chi connectivity index (χ4n) is 0.864. The van der Waals surface area contributed by atoms with Crippen molar-refractivity contribution in [2.24, 2.45) is 0 Å². The number of hydrogen-bond donors (Lipinski definition) is 1. The molecule has 0 aliphatic rings. The third-order valence-electron chi connectivity index (χ3n) is 1.43. The molecule has 0 fully saturated rings. The van der Waals surface area contributed by atoms with Gasteiger partial charge in [0, 0.05) is 6.42 Å². The van der Waals surface area contributed by atoms with Gasteiger partial charge in [0.25, 0.3) is 0 Å². The Morgan fingerprint density at radius 2 is 1.93 bits per heavy atom. The molecule has 0 bridgehead atoms. The van der Waals surface area contributed by atoms with E-state index in [1.165, 1.54) is 0 Å². The Morgan fingerprint density at radius 3 is 2.33 bits per heavy atom. The second kappa shape index (κ2) is 12.8. The highest BCUT2D eigenvalue weighted by atomic mass is 16.1. The number of nitrogens with zero attached hydrogens (tertiary/aromatic N) is 2. The fraction of sp³-hybridized carbons (Fsp3) is 0.727. The van der Waals surface area contributed by atoms with Gasteiger partial charge in [-0.2, -0.15) is 15.4 Å². The summed E-state index contributed by atoms with van der Waals surface area (Å²) in [7, 11) is 0. The molecule has 0 atom stereocenters. The van der Waals surface area contributed by atoms with Crippen LogP contribution < -0.4 is 0 Å². The van der Waals surface area contributed by atoms with E-state index in [1.807, 2.05) is 27.7 Å². The molecule has 0 saturated carbocycles. The number of rotatable bonds is 4. The molecule has 1 aromatic heterocycles. The molecule has 0 saturated heterocycles. The summed E-state index contributed by atoms with van der Waals surface area (Å²) in [4.78, 5) is 10.5. The van der Waals surface area contributed by atoms with E-state index in [0.29, 0.717) is 6.42 Å². The number of aromatic nitrogens is 3. The first-order valence-electron chi connectivity index (χ1n) is 5.63. The minimum atomic E-state index is 0.230. The number of aryl methyl sites for hydroxylation is 1. The standard InChI is InChI=1S/C7H11N3O.2C2H6/c1-6(11)3-2-4-7-5-8-10-9-7;2*1-2/h5H,2-4H2,1H3,(H,8,9,10);2*1-2H3. The predicted molar refractivity (Wildman–Crippen MR) is 62.7 cm³/mol. The summed E-state index contributed by atoms with van der Waals surface area (Å²) in [6.45, 7) is 9.60. The Labute approximate surface area is 92.5 Å². The van der Waals surface area contributed by atoms with E-state index in [1.54, 1.807) is 13.1 Å². The zero-order valence-corrected chi connectivity index (χ0v) is 10.5. The van der Waals surface area contributed by atoms with Crippen LogP contribution in [-0.4, -0.2) is 21.2 Å². The molecule has 4 heteroatoms. The molecule has 4 nitrogen and oxygen atoms in total. The minimum Gasteiger partial charge on any atom is -0.300 e. The summed E-state index contributed by atoms with van der Waals surface area (Å²) >= 11 is 0. The first kappa shape index (κ1) is 16.2. The van der Waals surface area contributed by atoms with Crippen LogP contribution in [0.3, 0.4) is 0 Å². The summed E-state index contributed by atoms with van der Waals surface area (Å²) in [5.41, 5.74) is 0.922. The number of H-pyrrole nitrogens is 1. The molecule has 1 heterocycles. The van der Waals surface area contributed by atoms with Crippen molar-refractivity contribution >= 4 is 5.78 Å². The topological polar surface area (TPSA) is 58.6 Å². The molecule has 15 heavy (non-hydrogen) atoms. The lowest BCUT2D eigenvalue weighted by Crippen LogP contribution is -1.92. The number of carbonyl (C=O) groups is 1. The van der Waals surface area contributed by atoms with Crippen LogP contribution in [0.2, 0.25) is 0 Å². The lowest BCUT2D eigenvalue weighted by Gasteiger charge is -1.91. The van der Waals surface area contributed by atoms with Crippen LogP contribution in [0, 0.1) is 0 Å². The quantitative estimate of drug-likeness (QED) is 0.836. The summed E-state index contributed by atoms with van der Waals surface area (Å²) in [5, 5.41) is 10.0. The molecule has 0 aliphatic carbocycles. The molecular formula is C11H23N3O. The van der Waals surface area contributed by atoms with E-state index in [-0.39, 0.29) is 5.78 Å². The maximum Gasteiger partial charge on any atom is 0.129 e. The minimum absolute atomic E-state index is 0.230. The predicted octanol–water partition coefficient (Wildman–Crippen LogP) is 2.77. The second-order valence-electron chi connectivity index (χ2n) is 2.52. The van der Waals surface area contributed by atoms with Gasteiger partial charge in [-0.25, -0.2) is 0 Å². The van der Waals surface area contributed by atoms with Crippen LogP contribution in [0.5, 0.6) is 0 Å². The van der Waals surface area contributed by atoms with Crippen molar-refractivity contribution in [1.82, 2.24) is 15.4 Å². The van der Waals surface area contributed by atoms with E-state index >= 15 is 0 Å². The van der Waals surface area contributed by atoms with Gasteiger partial charge in [0.2, 0.25) is 0 Å². The maximum atomic E-state index is 10.5. The summed E-state index contributed by atoms with van der Waals surface area (Å²) in [6, 6.07) is 0. The normalized spacial score (nSPS) is 8.07. The SMILES string of the molecule is CC.CC.CC(=O)CCCc1cn[nH]n1. The van der Waals surface area contributed by atoms with Gasteiger partial charge in [0.05, 0.1) is 11.9 Å². The zero-order valence-electron chi connectivity index (χ0n) is 10.5. The van der Waals surface area contributed by atoms with Gasteiger partial charge in [-0.3, -0.25) is 0 Å². The summed E-state index contributed by atoms with van der Waals surface area (Å²) in [5.74, 6) is 0.230. The summed E-state index contributed by atoms with van der Waals surface area (Å²) < 4.78 is 0. The highest BCUT2D eigenvalue weighted by Crippen LogP contribution is 1.98. The number of hydrogen-bond acceptors (Lipinski definition) is 3. The number of nitrogens with one attached hydrogen (secondary N) is 1. The van der Waals surface area contributed by atoms with Crippen molar-refractivity contribution in [2.45, 2.75) is 53.9 Å². The monoisotopic (exact) mass is 213 g/mol. The molecule has 0 spiro atoms. The largest absolute Gasteiger partial charge is 0.300 e. The van der Waals surface area contributed by atoms with E-state index in [9.17, 15) is 4.79 Å². The highest BCUT2D eigenvalue weighted by molar-refractivity contribution is 5.75. The van der Waals surface area contributed by atoms with Crippen LogP contribution in [0.4, 0.5) is 0 Å². The van der Waals surface area contributed by atoms with E-state index in [2.05, 4.69) is 15.4 Å². The maximum absolute atomic E-state index is 10.5. The first-order valence-corrected chi connectivity index (χ1v) is 5.63. The van der Waals surface area contributed by atoms with Crippen LogP contribution in [0.25, 0.3) is 0 Å². The molecule has 0 aliphatic heterocycles. The Kier molecular flexibility index (Phi) is 13.9. The van der Waals surface area contributed by atoms with Gasteiger partial charge in [0.1, 0.15) is 5.78 Å². The average Bonchev–Trinajstić information content (AvgIpc) is 2.76. The molecule has 88 valence electrons. The van der Waals surface area contributed by atoms with Gasteiger partial charge < -0.3 is 4.79 Å². The van der Waals surface area contributed by atoms with Gasteiger partial charge in [-0.15, -0.1) is 0 Å². The smallest absolute Gasteiger partial charge is 0.129 e. The molecule has 0 unspecified atom stereocenters. The Balaban J connectivity index is 0. The number of Topliss-reactive ketones (excluding diaryl/α,β-unsaturated/α-hetero) is 1. The molecule has 1 N–H and O–H groups in total. The molecule has 0 amide bonds. The Morgan fingerprint density at radius 1 is 1.33 bits per heavy atom. The molecule has 0 radical (unpaired) electrons. The Hall–Kier alpha value is -1.19. The van der Waals surface area contributed by atoms with E-state index < -0.39 is 0 Å². The van der Waals surface area contributed by atoms with Crippen LogP contribution in [0.1, 0.15) is 53.2 Å². The fourth-order valence-corrected chi connectivity index (χ4v) is 0.864. The second-order valence-corrected chi connectivity index (χ2v) is 2.52. The molecule has 1 aromatic rings. The molecular weight excluding hydrogens is 190 g/mol. The lowest BCUT2D eigenvalue weighted by molar-refractivity contribution is -0.117. The van der Waals surface area contributed by atoms with Crippen molar-refractivity contribution in [3.8, 4) is 0 Å². The highest BCUT2D eigenvalue weighted by Gasteiger charge is 1.97. The molecule has 1 rings (SSSR count). The van der Waals surface area contributed by atoms with Crippen molar-refractivity contribution in [1.29, 1.82) is 0 Å². The van der Waals surface area contributed by atoms with Gasteiger partial charge >= 0.3 is 0 Å². The van der Waals surface area contributed by atoms with Crippen LogP contribution in [-0.2, 0) is 11.2 Å². The van der Waals surface area contributed by atoms with Crippen molar-refractivity contribution in [3.63, 3.8) is 0 Å². The van der Waals surface area contributed by atoms with E-state index in [0.717, 1.165) is 18.5 Å². The van der Waals surface area contributed by atoms with Gasteiger partial charge in [-0.1, -0.05) is 27.7 Å². The van der Waals surface area contributed by atoms with E-state index in [4.69, 9.17) is 0 Å². The van der Waals surface area contributed by atoms with Crippen LogP contribution in [0.15, 0.2) is 6.20 Å². The van der Waals surface area contributed by atoms with Crippen molar-refractivity contribution < 1.29 is 4.79 Å². The number of aromatic amines is 1. The third-order valence-corrected chi connectivity index (χ3v) is 1.43. The Bertz CT molecular complexity index is 220. The number of carbonyl (C=O) groups excluding carboxylic acids is 1. The zero-order chi connectivity index (χ0) is 12.1. The average molecular weight is 213 g/mol. The lowest BCUT2D eigenvalue weighted by atomic mass is 10.1. The third kappa shape index (κ3) is 10.7. The van der Waals surface area contributed by atoms with Crippen LogP contribution >= 0.6 is 0 Å². The van der Waals surface area contributed by atoms with Gasteiger partial charge in [0.15, 0.2) is 0 Å². The molecule has 0 aromatic carbocycles.